The van der Waals surface area contributed by atoms with E-state index in [1.54, 1.807) is 0 Å². The van der Waals surface area contributed by atoms with Crippen molar-refractivity contribution in [2.75, 3.05) is 7.05 Å². The third-order valence-corrected chi connectivity index (χ3v) is 5.67. The Morgan fingerprint density at radius 3 is 2.62 bits per heavy atom. The van der Waals surface area contributed by atoms with Gasteiger partial charge in [0.2, 0.25) is 5.91 Å². The van der Waals surface area contributed by atoms with Gasteiger partial charge in [-0.05, 0) is 49.8 Å². The first-order valence-corrected chi connectivity index (χ1v) is 9.30. The van der Waals surface area contributed by atoms with E-state index in [-0.39, 0.29) is 18.3 Å². The lowest BCUT2D eigenvalue weighted by Crippen LogP contribution is -2.48. The topological polar surface area (TPSA) is 50.2 Å². The number of halogens is 1. The molecule has 5 nitrogen and oxygen atoms in total. The summed E-state index contributed by atoms with van der Waals surface area (Å²) in [5.41, 5.74) is 2.15. The van der Waals surface area contributed by atoms with Gasteiger partial charge in [-0.2, -0.15) is 5.10 Å². The van der Waals surface area contributed by atoms with Crippen molar-refractivity contribution in [2.45, 2.75) is 56.7 Å². The van der Waals surface area contributed by atoms with E-state index in [9.17, 15) is 4.79 Å². The van der Waals surface area contributed by atoms with Crippen LogP contribution in [0.2, 0.25) is 0 Å². The van der Waals surface area contributed by atoms with Crippen molar-refractivity contribution in [1.82, 2.24) is 20.0 Å². The van der Waals surface area contributed by atoms with Crippen molar-refractivity contribution in [3.8, 4) is 5.69 Å². The summed E-state index contributed by atoms with van der Waals surface area (Å²) in [6.07, 6.45) is 9.92. The number of aryl methyl sites for hydroxylation is 1. The number of hydrogen-bond donors (Lipinski definition) is 1. The molecule has 2 unspecified atom stereocenters. The molecule has 2 bridgehead atoms. The van der Waals surface area contributed by atoms with Gasteiger partial charge in [0, 0.05) is 37.8 Å². The SMILES string of the molecule is CN(C(=O)CCc1cnn(-c2ccccc2)c1)C1CC2CCC(C1)N2.Cl. The summed E-state index contributed by atoms with van der Waals surface area (Å²) in [5, 5.41) is 8.05. The predicted molar refractivity (Wildman–Crippen MR) is 105 cm³/mol. The lowest BCUT2D eigenvalue weighted by atomic mass is 9.98. The summed E-state index contributed by atoms with van der Waals surface area (Å²) in [5.74, 6) is 0.249. The quantitative estimate of drug-likeness (QED) is 0.875. The van der Waals surface area contributed by atoms with Crippen LogP contribution in [0.1, 0.15) is 37.7 Å². The number of rotatable bonds is 5. The van der Waals surface area contributed by atoms with Gasteiger partial charge in [-0.25, -0.2) is 4.68 Å². The smallest absolute Gasteiger partial charge is 0.222 e. The normalized spacial score (nSPS) is 24.1. The zero-order valence-electron chi connectivity index (χ0n) is 15.2. The number of para-hydroxylation sites is 1. The molecule has 0 radical (unpaired) electrons. The van der Waals surface area contributed by atoms with E-state index in [1.165, 1.54) is 12.8 Å². The van der Waals surface area contributed by atoms with Crippen LogP contribution in [0.3, 0.4) is 0 Å². The summed E-state index contributed by atoms with van der Waals surface area (Å²) in [7, 11) is 1.98. The number of carbonyl (C=O) groups excluding carboxylic acids is 1. The zero-order chi connectivity index (χ0) is 17.2. The van der Waals surface area contributed by atoms with E-state index in [0.29, 0.717) is 24.5 Å². The standard InChI is InChI=1S/C20H26N4O.ClH/c1-23(19-11-16-8-9-17(12-19)22-16)20(25)10-7-15-13-21-24(14-15)18-5-3-2-4-6-18;/h2-6,13-14,16-17,19,22H,7-12H2,1H3;1H. The van der Waals surface area contributed by atoms with Crippen LogP contribution in [0.4, 0.5) is 0 Å². The van der Waals surface area contributed by atoms with Crippen LogP contribution in [-0.2, 0) is 11.2 Å². The molecule has 2 aliphatic heterocycles. The molecule has 0 saturated carbocycles. The van der Waals surface area contributed by atoms with Crippen LogP contribution in [0.15, 0.2) is 42.7 Å². The van der Waals surface area contributed by atoms with E-state index >= 15 is 0 Å². The number of fused-ring (bicyclic) bond motifs is 2. The van der Waals surface area contributed by atoms with Crippen LogP contribution in [0, 0.1) is 0 Å². The molecular formula is C20H27ClN4O. The summed E-state index contributed by atoms with van der Waals surface area (Å²) >= 11 is 0. The Balaban J connectivity index is 0.00000196. The predicted octanol–water partition coefficient (Wildman–Crippen LogP) is 2.97. The van der Waals surface area contributed by atoms with Crippen LogP contribution < -0.4 is 5.32 Å². The first kappa shape index (κ1) is 18.9. The molecule has 2 fully saturated rings. The molecule has 1 aromatic heterocycles. The van der Waals surface area contributed by atoms with Gasteiger partial charge in [-0.15, -0.1) is 12.4 Å². The third kappa shape index (κ3) is 4.10. The molecule has 1 N–H and O–H groups in total. The van der Waals surface area contributed by atoms with Gasteiger partial charge in [0.25, 0.3) is 0 Å². The summed E-state index contributed by atoms with van der Waals surface area (Å²) in [4.78, 5) is 14.6. The minimum absolute atomic E-state index is 0. The van der Waals surface area contributed by atoms with E-state index < -0.39 is 0 Å². The average molecular weight is 375 g/mol. The molecule has 1 aromatic carbocycles. The first-order valence-electron chi connectivity index (χ1n) is 9.30. The zero-order valence-corrected chi connectivity index (χ0v) is 16.0. The highest BCUT2D eigenvalue weighted by Crippen LogP contribution is 2.29. The molecule has 0 aliphatic carbocycles. The number of hydrogen-bond acceptors (Lipinski definition) is 3. The lowest BCUT2D eigenvalue weighted by molar-refractivity contribution is -0.132. The van der Waals surface area contributed by atoms with E-state index in [0.717, 1.165) is 30.5 Å². The van der Waals surface area contributed by atoms with Crippen molar-refractivity contribution in [3.63, 3.8) is 0 Å². The van der Waals surface area contributed by atoms with Gasteiger partial charge in [0.05, 0.1) is 11.9 Å². The Morgan fingerprint density at radius 1 is 1.23 bits per heavy atom. The number of nitrogens with one attached hydrogen (secondary N) is 1. The lowest BCUT2D eigenvalue weighted by Gasteiger charge is -2.35. The molecule has 2 saturated heterocycles. The molecule has 1 amide bonds. The number of carbonyl (C=O) groups is 1. The van der Waals surface area contributed by atoms with Crippen LogP contribution >= 0.6 is 12.4 Å². The highest BCUT2D eigenvalue weighted by Gasteiger charge is 2.36. The second-order valence-corrected chi connectivity index (χ2v) is 7.40. The molecule has 6 heteroatoms. The fourth-order valence-corrected chi connectivity index (χ4v) is 4.19. The highest BCUT2D eigenvalue weighted by molar-refractivity contribution is 5.85. The summed E-state index contributed by atoms with van der Waals surface area (Å²) in [6.45, 7) is 0. The van der Waals surface area contributed by atoms with Gasteiger partial charge in [0.1, 0.15) is 0 Å². The highest BCUT2D eigenvalue weighted by atomic mass is 35.5. The molecule has 4 rings (SSSR count). The van der Waals surface area contributed by atoms with E-state index in [2.05, 4.69) is 10.4 Å². The van der Waals surface area contributed by atoms with Crippen molar-refractivity contribution in [1.29, 1.82) is 0 Å². The Bertz CT molecular complexity index is 720. The second-order valence-electron chi connectivity index (χ2n) is 7.40. The molecule has 2 aliphatic rings. The molecule has 0 spiro atoms. The minimum Gasteiger partial charge on any atom is -0.343 e. The van der Waals surface area contributed by atoms with E-state index in [4.69, 9.17) is 0 Å². The Kier molecular flexibility index (Phi) is 5.99. The van der Waals surface area contributed by atoms with Crippen molar-refractivity contribution in [2.24, 2.45) is 0 Å². The van der Waals surface area contributed by atoms with Crippen molar-refractivity contribution >= 4 is 18.3 Å². The Hall–Kier alpha value is -1.85. The number of amides is 1. The van der Waals surface area contributed by atoms with Gasteiger partial charge in [0.15, 0.2) is 0 Å². The van der Waals surface area contributed by atoms with Gasteiger partial charge in [-0.1, -0.05) is 18.2 Å². The largest absolute Gasteiger partial charge is 0.343 e. The van der Waals surface area contributed by atoms with Crippen LogP contribution in [-0.4, -0.2) is 45.8 Å². The average Bonchev–Trinajstić information content (AvgIpc) is 3.26. The van der Waals surface area contributed by atoms with Crippen LogP contribution in [0.25, 0.3) is 5.69 Å². The maximum absolute atomic E-state index is 12.6. The molecule has 3 heterocycles. The summed E-state index contributed by atoms with van der Waals surface area (Å²) < 4.78 is 1.87. The molecule has 26 heavy (non-hydrogen) atoms. The number of aromatic nitrogens is 2. The minimum atomic E-state index is 0. The third-order valence-electron chi connectivity index (χ3n) is 5.67. The number of nitrogens with zero attached hydrogens (tertiary/aromatic N) is 3. The molecular weight excluding hydrogens is 348 g/mol. The molecule has 2 aromatic rings. The van der Waals surface area contributed by atoms with Gasteiger partial charge >= 0.3 is 0 Å². The molecule has 2 atom stereocenters. The fourth-order valence-electron chi connectivity index (χ4n) is 4.19. The second kappa shape index (κ2) is 8.23. The number of piperidine rings is 1. The first-order chi connectivity index (χ1) is 12.2. The summed E-state index contributed by atoms with van der Waals surface area (Å²) in [6, 6.07) is 11.7. The Labute approximate surface area is 161 Å². The van der Waals surface area contributed by atoms with Crippen molar-refractivity contribution in [3.05, 3.63) is 48.3 Å². The number of benzene rings is 1. The van der Waals surface area contributed by atoms with Gasteiger partial charge in [-0.3, -0.25) is 4.79 Å². The maximum Gasteiger partial charge on any atom is 0.222 e. The van der Waals surface area contributed by atoms with E-state index in [1.807, 2.05) is 59.4 Å². The monoisotopic (exact) mass is 374 g/mol. The van der Waals surface area contributed by atoms with Crippen molar-refractivity contribution < 1.29 is 4.79 Å². The van der Waals surface area contributed by atoms with Gasteiger partial charge < -0.3 is 10.2 Å². The Morgan fingerprint density at radius 2 is 1.92 bits per heavy atom. The molecule has 140 valence electrons. The fraction of sp³-hybridized carbons (Fsp3) is 0.500. The van der Waals surface area contributed by atoms with Crippen LogP contribution in [0.5, 0.6) is 0 Å². The maximum atomic E-state index is 12.6.